The monoisotopic (exact) mass is 344 g/mol. The first-order valence-corrected chi connectivity index (χ1v) is 8.19. The van der Waals surface area contributed by atoms with Crippen molar-refractivity contribution in [1.29, 1.82) is 0 Å². The second kappa shape index (κ2) is 6.11. The summed E-state index contributed by atoms with van der Waals surface area (Å²) in [6.45, 7) is 1.50. The second-order valence-corrected chi connectivity index (χ2v) is 6.05. The summed E-state index contributed by atoms with van der Waals surface area (Å²) in [7, 11) is 1.55. The average molecular weight is 344 g/mol. The van der Waals surface area contributed by atoms with Gasteiger partial charge in [0.2, 0.25) is 5.78 Å². The van der Waals surface area contributed by atoms with Crippen molar-refractivity contribution in [3.05, 3.63) is 77.6 Å². The molecular formula is C21H16N2O3. The Morgan fingerprint density at radius 1 is 1.04 bits per heavy atom. The zero-order valence-corrected chi connectivity index (χ0v) is 14.4. The van der Waals surface area contributed by atoms with Gasteiger partial charge >= 0.3 is 0 Å². The van der Waals surface area contributed by atoms with Gasteiger partial charge in [-0.2, -0.15) is 5.10 Å². The molecule has 2 aromatic carbocycles. The first kappa shape index (κ1) is 16.0. The van der Waals surface area contributed by atoms with Crippen molar-refractivity contribution in [1.82, 2.24) is 9.61 Å². The Morgan fingerprint density at radius 2 is 1.85 bits per heavy atom. The second-order valence-electron chi connectivity index (χ2n) is 6.05. The molecule has 0 aliphatic heterocycles. The van der Waals surface area contributed by atoms with Gasteiger partial charge in [0.15, 0.2) is 5.78 Å². The van der Waals surface area contributed by atoms with Crippen LogP contribution in [0.1, 0.15) is 33.3 Å². The van der Waals surface area contributed by atoms with Gasteiger partial charge in [-0.1, -0.05) is 36.4 Å². The van der Waals surface area contributed by atoms with Crippen LogP contribution in [0.25, 0.3) is 16.3 Å². The van der Waals surface area contributed by atoms with E-state index in [9.17, 15) is 9.59 Å². The Bertz CT molecular complexity index is 1170. The quantitative estimate of drug-likeness (QED) is 0.526. The lowest BCUT2D eigenvalue weighted by Gasteiger charge is -2.06. The van der Waals surface area contributed by atoms with Crippen LogP contribution in [0.2, 0.25) is 0 Å². The summed E-state index contributed by atoms with van der Waals surface area (Å²) in [4.78, 5) is 25.3. The summed E-state index contributed by atoms with van der Waals surface area (Å²) in [5.74, 6) is 0.279. The van der Waals surface area contributed by atoms with Crippen molar-refractivity contribution in [3.63, 3.8) is 0 Å². The lowest BCUT2D eigenvalue weighted by molar-refractivity contribution is 0.101. The number of hydrogen-bond acceptors (Lipinski definition) is 4. The van der Waals surface area contributed by atoms with Crippen molar-refractivity contribution >= 4 is 27.9 Å². The van der Waals surface area contributed by atoms with E-state index >= 15 is 0 Å². The van der Waals surface area contributed by atoms with Gasteiger partial charge in [-0.25, -0.2) is 4.52 Å². The smallest absolute Gasteiger partial charge is 0.211 e. The number of hydrogen-bond donors (Lipinski definition) is 0. The Morgan fingerprint density at radius 3 is 2.62 bits per heavy atom. The highest BCUT2D eigenvalue weighted by molar-refractivity contribution is 6.15. The molecule has 2 heterocycles. The highest BCUT2D eigenvalue weighted by atomic mass is 16.5. The van der Waals surface area contributed by atoms with Crippen LogP contribution < -0.4 is 4.74 Å². The maximum atomic E-state index is 13.1. The molecule has 0 fully saturated rings. The molecule has 4 rings (SSSR count). The summed E-state index contributed by atoms with van der Waals surface area (Å²) in [6, 6.07) is 16.2. The van der Waals surface area contributed by atoms with E-state index < -0.39 is 0 Å². The summed E-state index contributed by atoms with van der Waals surface area (Å²) in [6.07, 6.45) is 1.70. The minimum absolute atomic E-state index is 0.106. The highest BCUT2D eigenvalue weighted by Gasteiger charge is 2.21. The Hall–Kier alpha value is -3.47. The SMILES string of the molecule is COc1cccc(C(=O)c2cc(C(C)=O)c3c4ccccc4cnn23)c1. The topological polar surface area (TPSA) is 60.7 Å². The maximum Gasteiger partial charge on any atom is 0.211 e. The van der Waals surface area contributed by atoms with Gasteiger partial charge in [0.1, 0.15) is 11.4 Å². The summed E-state index contributed by atoms with van der Waals surface area (Å²) >= 11 is 0. The number of aromatic nitrogens is 2. The number of nitrogens with zero attached hydrogens (tertiary/aromatic N) is 2. The van der Waals surface area contributed by atoms with Crippen molar-refractivity contribution in [2.75, 3.05) is 7.11 Å². The van der Waals surface area contributed by atoms with Gasteiger partial charge in [-0.15, -0.1) is 0 Å². The number of ketones is 2. The highest BCUT2D eigenvalue weighted by Crippen LogP contribution is 2.27. The third-order valence-corrected chi connectivity index (χ3v) is 4.45. The zero-order valence-electron chi connectivity index (χ0n) is 14.4. The Kier molecular flexibility index (Phi) is 3.77. The third kappa shape index (κ3) is 2.45. The van der Waals surface area contributed by atoms with Gasteiger partial charge in [-0.3, -0.25) is 9.59 Å². The summed E-state index contributed by atoms with van der Waals surface area (Å²) < 4.78 is 6.76. The molecule has 0 amide bonds. The number of methoxy groups -OCH3 is 1. The molecule has 0 saturated carbocycles. The van der Waals surface area contributed by atoms with E-state index in [1.807, 2.05) is 24.3 Å². The van der Waals surface area contributed by atoms with E-state index in [0.717, 1.165) is 10.8 Å². The van der Waals surface area contributed by atoms with E-state index in [4.69, 9.17) is 4.74 Å². The molecule has 0 radical (unpaired) electrons. The molecule has 4 aromatic rings. The molecule has 128 valence electrons. The minimum Gasteiger partial charge on any atom is -0.497 e. The summed E-state index contributed by atoms with van der Waals surface area (Å²) in [5, 5.41) is 6.22. The fourth-order valence-electron chi connectivity index (χ4n) is 3.17. The number of ether oxygens (including phenoxy) is 1. The summed E-state index contributed by atoms with van der Waals surface area (Å²) in [5.41, 5.74) is 1.97. The van der Waals surface area contributed by atoms with Crippen molar-refractivity contribution in [3.8, 4) is 5.75 Å². The molecule has 5 nitrogen and oxygen atoms in total. The molecule has 0 saturated heterocycles. The molecular weight excluding hydrogens is 328 g/mol. The van der Waals surface area contributed by atoms with E-state index in [-0.39, 0.29) is 11.6 Å². The van der Waals surface area contributed by atoms with Crippen molar-refractivity contribution < 1.29 is 14.3 Å². The van der Waals surface area contributed by atoms with E-state index in [2.05, 4.69) is 5.10 Å². The zero-order chi connectivity index (χ0) is 18.3. The van der Waals surface area contributed by atoms with E-state index in [1.165, 1.54) is 6.92 Å². The fourth-order valence-corrected chi connectivity index (χ4v) is 3.17. The standard InChI is InChI=1S/C21H16N2O3/c1-13(24)18-11-19(21(25)14-7-5-8-16(10-14)26-2)23-20(18)17-9-4-3-6-15(17)12-22-23/h3-12H,1-2H3. The molecule has 0 bridgehead atoms. The molecule has 0 unspecified atom stereocenters. The normalized spacial score (nSPS) is 11.0. The van der Waals surface area contributed by atoms with Crippen LogP contribution in [-0.2, 0) is 0 Å². The molecule has 5 heteroatoms. The lowest BCUT2D eigenvalue weighted by Crippen LogP contribution is -2.07. The average Bonchev–Trinajstić information content (AvgIpc) is 3.08. The Labute approximate surface area is 149 Å². The number of carbonyl (C=O) groups excluding carboxylic acids is 2. The predicted octanol–water partition coefficient (Wildman–Crippen LogP) is 3.93. The minimum atomic E-state index is -0.214. The van der Waals surface area contributed by atoms with Crippen molar-refractivity contribution in [2.24, 2.45) is 0 Å². The van der Waals surface area contributed by atoms with Crippen LogP contribution in [0.15, 0.2) is 60.8 Å². The maximum absolute atomic E-state index is 13.1. The largest absolute Gasteiger partial charge is 0.497 e. The van der Waals surface area contributed by atoms with E-state index in [1.54, 1.807) is 48.2 Å². The van der Waals surface area contributed by atoms with Crippen LogP contribution in [-0.4, -0.2) is 28.3 Å². The molecule has 0 aliphatic carbocycles. The van der Waals surface area contributed by atoms with Gasteiger partial charge in [0.25, 0.3) is 0 Å². The van der Waals surface area contributed by atoms with Crippen LogP contribution in [0.5, 0.6) is 5.75 Å². The number of benzene rings is 2. The Balaban J connectivity index is 2.00. The molecule has 0 atom stereocenters. The van der Waals surface area contributed by atoms with Crippen LogP contribution in [0, 0.1) is 0 Å². The predicted molar refractivity (Wildman–Crippen MR) is 99.1 cm³/mol. The number of rotatable bonds is 4. The molecule has 2 aromatic heterocycles. The fraction of sp³-hybridized carbons (Fsp3) is 0.0952. The molecule has 0 spiro atoms. The van der Waals surface area contributed by atoms with Gasteiger partial charge in [-0.05, 0) is 25.1 Å². The first-order chi connectivity index (χ1) is 12.6. The molecule has 26 heavy (non-hydrogen) atoms. The van der Waals surface area contributed by atoms with Crippen LogP contribution >= 0.6 is 0 Å². The van der Waals surface area contributed by atoms with Gasteiger partial charge < -0.3 is 4.74 Å². The van der Waals surface area contributed by atoms with Gasteiger partial charge in [0.05, 0.1) is 18.8 Å². The third-order valence-electron chi connectivity index (χ3n) is 4.45. The molecule has 0 N–H and O–H groups in total. The molecule has 0 aliphatic rings. The number of carbonyl (C=O) groups is 2. The van der Waals surface area contributed by atoms with E-state index in [0.29, 0.717) is 28.1 Å². The lowest BCUT2D eigenvalue weighted by atomic mass is 10.1. The van der Waals surface area contributed by atoms with Crippen LogP contribution in [0.3, 0.4) is 0 Å². The van der Waals surface area contributed by atoms with Crippen molar-refractivity contribution in [2.45, 2.75) is 6.92 Å². The number of fused-ring (bicyclic) bond motifs is 3. The number of Topliss-reactive ketones (excluding diaryl/α,β-unsaturated/α-hetero) is 1. The van der Waals surface area contributed by atoms with Gasteiger partial charge in [0, 0.05) is 21.9 Å². The van der Waals surface area contributed by atoms with Crippen LogP contribution in [0.4, 0.5) is 0 Å². The first-order valence-electron chi connectivity index (χ1n) is 8.19.